The Kier molecular flexibility index (Phi) is 6.70. The van der Waals surface area contributed by atoms with Crippen molar-refractivity contribution in [3.05, 3.63) is 35.4 Å². The number of nitrogens with zero attached hydrogens (tertiary/aromatic N) is 1. The lowest BCUT2D eigenvalue weighted by Gasteiger charge is -2.26. The Bertz CT molecular complexity index is 529. The zero-order valence-corrected chi connectivity index (χ0v) is 14.9. The van der Waals surface area contributed by atoms with Gasteiger partial charge in [-0.15, -0.1) is 0 Å². The minimum absolute atomic E-state index is 0.0706. The average Bonchev–Trinajstić information content (AvgIpc) is 2.54. The summed E-state index contributed by atoms with van der Waals surface area (Å²) in [5, 5.41) is 3.17. The zero-order chi connectivity index (χ0) is 15.9. The standard InChI is InChI=1S/C17H24N2OS2/c1-3-19(4-2)17(21)22-12-16(20)18-15-11-7-9-13-8-5-6-10-14(13)15/h5-6,8,10,15H,3-4,7,9,11-12H2,1-2H3,(H,18,20)/t15-/m0/s1. The molecule has 1 atom stereocenters. The van der Waals surface area contributed by atoms with Crippen LogP contribution >= 0.6 is 24.0 Å². The third kappa shape index (κ3) is 4.46. The van der Waals surface area contributed by atoms with Gasteiger partial charge in [0.15, 0.2) is 0 Å². The summed E-state index contributed by atoms with van der Waals surface area (Å²) < 4.78 is 0.809. The van der Waals surface area contributed by atoms with Crippen molar-refractivity contribution in [2.75, 3.05) is 18.8 Å². The van der Waals surface area contributed by atoms with Crippen molar-refractivity contribution in [3.63, 3.8) is 0 Å². The molecule has 0 spiro atoms. The van der Waals surface area contributed by atoms with Gasteiger partial charge >= 0.3 is 0 Å². The van der Waals surface area contributed by atoms with Crippen molar-refractivity contribution >= 4 is 34.2 Å². The fourth-order valence-electron chi connectivity index (χ4n) is 2.84. The lowest BCUT2D eigenvalue weighted by molar-refractivity contribution is -0.119. The van der Waals surface area contributed by atoms with Gasteiger partial charge in [-0.25, -0.2) is 0 Å². The Balaban J connectivity index is 1.87. The maximum atomic E-state index is 12.2. The van der Waals surface area contributed by atoms with Gasteiger partial charge in [-0.05, 0) is 44.2 Å². The highest BCUT2D eigenvalue weighted by molar-refractivity contribution is 8.23. The van der Waals surface area contributed by atoms with Crippen LogP contribution in [0.3, 0.4) is 0 Å². The highest BCUT2D eigenvalue weighted by Crippen LogP contribution is 2.29. The molecule has 1 aromatic rings. The molecule has 22 heavy (non-hydrogen) atoms. The van der Waals surface area contributed by atoms with Crippen molar-refractivity contribution in [2.45, 2.75) is 39.2 Å². The van der Waals surface area contributed by atoms with E-state index in [-0.39, 0.29) is 11.9 Å². The third-order valence-electron chi connectivity index (χ3n) is 4.05. The maximum absolute atomic E-state index is 12.2. The summed E-state index contributed by atoms with van der Waals surface area (Å²) in [5.41, 5.74) is 2.64. The molecule has 0 fully saturated rings. The molecule has 2 rings (SSSR count). The summed E-state index contributed by atoms with van der Waals surface area (Å²) >= 11 is 6.83. The lowest BCUT2D eigenvalue weighted by atomic mass is 9.88. The van der Waals surface area contributed by atoms with E-state index in [4.69, 9.17) is 12.2 Å². The zero-order valence-electron chi connectivity index (χ0n) is 13.3. The SMILES string of the molecule is CCN(CC)C(=S)SCC(=O)N[C@H]1CCCc2ccccc21. The van der Waals surface area contributed by atoms with Crippen LogP contribution < -0.4 is 5.32 Å². The second kappa shape index (κ2) is 8.53. The number of thioether (sulfide) groups is 1. The average molecular weight is 337 g/mol. The summed E-state index contributed by atoms with van der Waals surface area (Å²) in [6.07, 6.45) is 3.27. The van der Waals surface area contributed by atoms with Crippen molar-refractivity contribution < 1.29 is 4.79 Å². The molecule has 0 radical (unpaired) electrons. The van der Waals surface area contributed by atoms with Gasteiger partial charge in [0.2, 0.25) is 5.91 Å². The molecule has 0 heterocycles. The Morgan fingerprint density at radius 3 is 2.82 bits per heavy atom. The quantitative estimate of drug-likeness (QED) is 0.834. The van der Waals surface area contributed by atoms with Gasteiger partial charge in [0, 0.05) is 13.1 Å². The molecule has 1 aliphatic rings. The Morgan fingerprint density at radius 2 is 2.09 bits per heavy atom. The molecule has 1 N–H and O–H groups in total. The van der Waals surface area contributed by atoms with Crippen molar-refractivity contribution in [1.82, 2.24) is 10.2 Å². The molecule has 3 nitrogen and oxygen atoms in total. The number of hydrogen-bond acceptors (Lipinski definition) is 3. The molecule has 0 bridgehead atoms. The third-order valence-corrected chi connectivity index (χ3v) is 5.58. The van der Waals surface area contributed by atoms with Crippen molar-refractivity contribution in [1.29, 1.82) is 0 Å². The molecule has 1 aromatic carbocycles. The number of fused-ring (bicyclic) bond motifs is 1. The Labute approximate surface area is 142 Å². The first kappa shape index (κ1) is 17.3. The number of benzene rings is 1. The molecule has 120 valence electrons. The predicted molar refractivity (Wildman–Crippen MR) is 98.2 cm³/mol. The van der Waals surface area contributed by atoms with E-state index in [0.29, 0.717) is 5.75 Å². The molecule has 1 amide bonds. The summed E-state index contributed by atoms with van der Waals surface area (Å²) in [6.45, 7) is 5.94. The fourth-order valence-corrected chi connectivity index (χ4v) is 4.05. The molecule has 0 aliphatic heterocycles. The number of rotatable bonds is 5. The smallest absolute Gasteiger partial charge is 0.230 e. The first-order valence-electron chi connectivity index (χ1n) is 7.94. The van der Waals surface area contributed by atoms with Crippen molar-refractivity contribution in [2.24, 2.45) is 0 Å². The highest BCUT2D eigenvalue weighted by atomic mass is 32.2. The van der Waals surface area contributed by atoms with E-state index in [1.165, 1.54) is 22.9 Å². The Hall–Kier alpha value is -1.07. The van der Waals surface area contributed by atoms with Crippen molar-refractivity contribution in [3.8, 4) is 0 Å². The molecule has 5 heteroatoms. The summed E-state index contributed by atoms with van der Waals surface area (Å²) in [6, 6.07) is 8.57. The van der Waals surface area contributed by atoms with Crippen LogP contribution in [0.5, 0.6) is 0 Å². The summed E-state index contributed by atoms with van der Waals surface area (Å²) in [4.78, 5) is 14.3. The van der Waals surface area contributed by atoms with Crippen LogP contribution in [0.2, 0.25) is 0 Å². The van der Waals surface area contributed by atoms with Gasteiger partial charge in [0.25, 0.3) is 0 Å². The van der Waals surface area contributed by atoms with Crippen LogP contribution in [-0.4, -0.2) is 34.0 Å². The predicted octanol–water partition coefficient (Wildman–Crippen LogP) is 3.54. The van der Waals surface area contributed by atoms with Gasteiger partial charge in [-0.2, -0.15) is 0 Å². The van der Waals surface area contributed by atoms with Gasteiger partial charge in [0.05, 0.1) is 11.8 Å². The minimum atomic E-state index is 0.0706. The normalized spacial score (nSPS) is 16.7. The number of amides is 1. The molecule has 0 unspecified atom stereocenters. The highest BCUT2D eigenvalue weighted by Gasteiger charge is 2.21. The number of thiocarbonyl (C=S) groups is 1. The van der Waals surface area contributed by atoms with E-state index in [1.807, 2.05) is 6.07 Å². The van der Waals surface area contributed by atoms with E-state index in [2.05, 4.69) is 42.3 Å². The van der Waals surface area contributed by atoms with Gasteiger partial charge in [0.1, 0.15) is 4.32 Å². The first-order chi connectivity index (χ1) is 10.7. The molecule has 0 aromatic heterocycles. The Morgan fingerprint density at radius 1 is 1.36 bits per heavy atom. The van der Waals surface area contributed by atoms with E-state index in [9.17, 15) is 4.79 Å². The lowest BCUT2D eigenvalue weighted by Crippen LogP contribution is -2.33. The first-order valence-corrected chi connectivity index (χ1v) is 9.34. The molecule has 0 saturated carbocycles. The number of nitrogens with one attached hydrogen (secondary N) is 1. The summed E-state index contributed by atoms with van der Waals surface area (Å²) in [5.74, 6) is 0.467. The second-order valence-electron chi connectivity index (χ2n) is 5.44. The van der Waals surface area contributed by atoms with Crippen LogP contribution in [0, 0.1) is 0 Å². The van der Waals surface area contributed by atoms with Gasteiger partial charge < -0.3 is 10.2 Å². The molecule has 0 saturated heterocycles. The second-order valence-corrected chi connectivity index (χ2v) is 7.05. The van der Waals surface area contributed by atoms with Crippen LogP contribution in [0.15, 0.2) is 24.3 Å². The van der Waals surface area contributed by atoms with Crippen LogP contribution in [-0.2, 0) is 11.2 Å². The number of carbonyl (C=O) groups is 1. The molecular weight excluding hydrogens is 312 g/mol. The fraction of sp³-hybridized carbons (Fsp3) is 0.529. The van der Waals surface area contributed by atoms with Crippen LogP contribution in [0.25, 0.3) is 0 Å². The van der Waals surface area contributed by atoms with E-state index < -0.39 is 0 Å². The van der Waals surface area contributed by atoms with E-state index in [1.54, 1.807) is 0 Å². The van der Waals surface area contributed by atoms with Crippen LogP contribution in [0.4, 0.5) is 0 Å². The van der Waals surface area contributed by atoms with Gasteiger partial charge in [-0.3, -0.25) is 4.79 Å². The molecule has 1 aliphatic carbocycles. The van der Waals surface area contributed by atoms with E-state index in [0.717, 1.165) is 36.7 Å². The minimum Gasteiger partial charge on any atom is -0.358 e. The number of carbonyl (C=O) groups excluding carboxylic acids is 1. The largest absolute Gasteiger partial charge is 0.358 e. The summed E-state index contributed by atoms with van der Waals surface area (Å²) in [7, 11) is 0. The van der Waals surface area contributed by atoms with E-state index >= 15 is 0 Å². The maximum Gasteiger partial charge on any atom is 0.230 e. The number of hydrogen-bond donors (Lipinski definition) is 1. The monoisotopic (exact) mass is 336 g/mol. The van der Waals surface area contributed by atoms with Crippen LogP contribution in [0.1, 0.15) is 43.9 Å². The number of aryl methyl sites for hydroxylation is 1. The molecular formula is C17H24N2OS2. The van der Waals surface area contributed by atoms with Gasteiger partial charge in [-0.1, -0.05) is 48.2 Å². The topological polar surface area (TPSA) is 32.3 Å².